The third-order valence-electron chi connectivity index (χ3n) is 4.31. The van der Waals surface area contributed by atoms with Gasteiger partial charge in [0.25, 0.3) is 0 Å². The molecule has 0 aliphatic carbocycles. The summed E-state index contributed by atoms with van der Waals surface area (Å²) < 4.78 is 0. The second-order valence-corrected chi connectivity index (χ2v) is 6.62. The Balaban J connectivity index is 2.29. The third kappa shape index (κ3) is 2.46. The zero-order valence-corrected chi connectivity index (χ0v) is 12.4. The van der Waals surface area contributed by atoms with Crippen LogP contribution < -0.4 is 5.73 Å². The normalized spacial score (nSPS) is 18.6. The second kappa shape index (κ2) is 4.55. The molecule has 2 N–H and O–H groups in total. The van der Waals surface area contributed by atoms with Crippen LogP contribution in [0, 0.1) is 0 Å². The van der Waals surface area contributed by atoms with E-state index in [-0.39, 0.29) is 11.4 Å². The van der Waals surface area contributed by atoms with Gasteiger partial charge in [0.2, 0.25) is 5.91 Å². The van der Waals surface area contributed by atoms with Gasteiger partial charge in [0.05, 0.1) is 5.41 Å². The molecular formula is C16H24N2O. The van der Waals surface area contributed by atoms with E-state index in [1.165, 1.54) is 0 Å². The maximum absolute atomic E-state index is 12.9. The van der Waals surface area contributed by atoms with Gasteiger partial charge >= 0.3 is 0 Å². The van der Waals surface area contributed by atoms with E-state index in [2.05, 4.69) is 13.8 Å². The highest BCUT2D eigenvalue weighted by Crippen LogP contribution is 2.34. The molecule has 0 aromatic heterocycles. The maximum atomic E-state index is 12.9. The minimum Gasteiger partial charge on any atom is -0.399 e. The molecule has 3 nitrogen and oxygen atoms in total. The first-order chi connectivity index (χ1) is 8.75. The van der Waals surface area contributed by atoms with Crippen molar-refractivity contribution in [2.24, 2.45) is 0 Å². The summed E-state index contributed by atoms with van der Waals surface area (Å²) in [4.78, 5) is 14.9. The zero-order valence-electron chi connectivity index (χ0n) is 12.4. The quantitative estimate of drug-likeness (QED) is 0.831. The summed E-state index contributed by atoms with van der Waals surface area (Å²) in [6, 6.07) is 7.63. The lowest BCUT2D eigenvalue weighted by molar-refractivity contribution is -0.139. The zero-order chi connectivity index (χ0) is 14.3. The first kappa shape index (κ1) is 13.9. The predicted molar refractivity (Wildman–Crippen MR) is 78.9 cm³/mol. The van der Waals surface area contributed by atoms with Gasteiger partial charge in [0.1, 0.15) is 0 Å². The number of likely N-dealkylation sites (tertiary alicyclic amines) is 1. The van der Waals surface area contributed by atoms with Crippen molar-refractivity contribution >= 4 is 11.6 Å². The average molecular weight is 260 g/mol. The van der Waals surface area contributed by atoms with Gasteiger partial charge in [-0.05, 0) is 58.2 Å². The maximum Gasteiger partial charge on any atom is 0.233 e. The first-order valence-corrected chi connectivity index (χ1v) is 6.93. The van der Waals surface area contributed by atoms with Crippen molar-refractivity contribution in [1.29, 1.82) is 0 Å². The molecule has 1 aromatic rings. The summed E-state index contributed by atoms with van der Waals surface area (Å²) in [5.41, 5.74) is 6.94. The fourth-order valence-electron chi connectivity index (χ4n) is 2.84. The van der Waals surface area contributed by atoms with Gasteiger partial charge in [0.15, 0.2) is 0 Å². The Morgan fingerprint density at radius 3 is 2.32 bits per heavy atom. The Labute approximate surface area is 115 Å². The molecular weight excluding hydrogens is 236 g/mol. The summed E-state index contributed by atoms with van der Waals surface area (Å²) in [5.74, 6) is 0.208. The molecule has 0 unspecified atom stereocenters. The number of carbonyl (C=O) groups excluding carboxylic acids is 1. The third-order valence-corrected chi connectivity index (χ3v) is 4.31. The van der Waals surface area contributed by atoms with Crippen molar-refractivity contribution in [3.63, 3.8) is 0 Å². The van der Waals surface area contributed by atoms with E-state index >= 15 is 0 Å². The molecule has 0 spiro atoms. The Hall–Kier alpha value is -1.51. The van der Waals surface area contributed by atoms with Crippen LogP contribution in [0.3, 0.4) is 0 Å². The summed E-state index contributed by atoms with van der Waals surface area (Å²) in [7, 11) is 0. The SMILES string of the molecule is CC(C)(C(=O)N1CCCC1(C)C)c1ccc(N)cc1. The topological polar surface area (TPSA) is 46.3 Å². The van der Waals surface area contributed by atoms with Crippen LogP contribution in [0.4, 0.5) is 5.69 Å². The number of nitrogens with two attached hydrogens (primary N) is 1. The van der Waals surface area contributed by atoms with Crippen molar-refractivity contribution < 1.29 is 4.79 Å². The molecule has 1 heterocycles. The van der Waals surface area contributed by atoms with E-state index in [4.69, 9.17) is 5.73 Å². The lowest BCUT2D eigenvalue weighted by Crippen LogP contribution is -2.50. The van der Waals surface area contributed by atoms with Gasteiger partial charge in [-0.15, -0.1) is 0 Å². The molecule has 1 aliphatic heterocycles. The van der Waals surface area contributed by atoms with E-state index in [1.54, 1.807) is 0 Å². The number of nitrogen functional groups attached to an aromatic ring is 1. The number of benzene rings is 1. The van der Waals surface area contributed by atoms with Crippen molar-refractivity contribution in [2.75, 3.05) is 12.3 Å². The van der Waals surface area contributed by atoms with E-state index in [1.807, 2.05) is 43.0 Å². The standard InChI is InChI=1S/C16H24N2O/c1-15(2)10-5-11-18(15)14(19)16(3,4)12-6-8-13(17)9-7-12/h6-9H,5,10-11,17H2,1-4H3. The molecule has 0 atom stereocenters. The van der Waals surface area contributed by atoms with E-state index in [9.17, 15) is 4.79 Å². The van der Waals surface area contributed by atoms with Crippen molar-refractivity contribution in [1.82, 2.24) is 4.90 Å². The number of rotatable bonds is 2. The van der Waals surface area contributed by atoms with Gasteiger partial charge in [0, 0.05) is 17.8 Å². The summed E-state index contributed by atoms with van der Waals surface area (Å²) in [5, 5.41) is 0. The van der Waals surface area contributed by atoms with E-state index in [0.29, 0.717) is 0 Å². The Bertz CT molecular complexity index is 474. The highest BCUT2D eigenvalue weighted by molar-refractivity contribution is 5.88. The van der Waals surface area contributed by atoms with Crippen LogP contribution in [0.5, 0.6) is 0 Å². The molecule has 1 aliphatic rings. The highest BCUT2D eigenvalue weighted by Gasteiger charge is 2.42. The summed E-state index contributed by atoms with van der Waals surface area (Å²) >= 11 is 0. The van der Waals surface area contributed by atoms with E-state index in [0.717, 1.165) is 30.6 Å². The van der Waals surface area contributed by atoms with Crippen LogP contribution in [0.25, 0.3) is 0 Å². The van der Waals surface area contributed by atoms with Crippen LogP contribution in [0.15, 0.2) is 24.3 Å². The monoisotopic (exact) mass is 260 g/mol. The van der Waals surface area contributed by atoms with E-state index < -0.39 is 5.41 Å². The van der Waals surface area contributed by atoms with Crippen molar-refractivity contribution in [3.8, 4) is 0 Å². The largest absolute Gasteiger partial charge is 0.399 e. The molecule has 3 heteroatoms. The Morgan fingerprint density at radius 2 is 1.84 bits per heavy atom. The van der Waals surface area contributed by atoms with Crippen LogP contribution >= 0.6 is 0 Å². The lowest BCUT2D eigenvalue weighted by Gasteiger charge is -2.38. The molecule has 0 radical (unpaired) electrons. The van der Waals surface area contributed by atoms with Gasteiger partial charge < -0.3 is 10.6 Å². The molecule has 1 fully saturated rings. The number of hydrogen-bond donors (Lipinski definition) is 1. The minimum absolute atomic E-state index is 0.0256. The van der Waals surface area contributed by atoms with Crippen molar-refractivity contribution in [3.05, 3.63) is 29.8 Å². The smallest absolute Gasteiger partial charge is 0.233 e. The average Bonchev–Trinajstić information content (AvgIpc) is 2.68. The second-order valence-electron chi connectivity index (χ2n) is 6.62. The van der Waals surface area contributed by atoms with Gasteiger partial charge in [-0.2, -0.15) is 0 Å². The number of nitrogens with zero attached hydrogens (tertiary/aromatic N) is 1. The summed E-state index contributed by atoms with van der Waals surface area (Å²) in [6.07, 6.45) is 2.17. The Kier molecular flexibility index (Phi) is 3.33. The number of anilines is 1. The number of amides is 1. The molecule has 0 saturated carbocycles. The lowest BCUT2D eigenvalue weighted by atomic mass is 9.82. The molecule has 19 heavy (non-hydrogen) atoms. The number of hydrogen-bond acceptors (Lipinski definition) is 2. The van der Waals surface area contributed by atoms with Gasteiger partial charge in [-0.25, -0.2) is 0 Å². The molecule has 1 amide bonds. The minimum atomic E-state index is -0.505. The highest BCUT2D eigenvalue weighted by atomic mass is 16.2. The molecule has 0 bridgehead atoms. The van der Waals surface area contributed by atoms with Gasteiger partial charge in [-0.1, -0.05) is 12.1 Å². The van der Waals surface area contributed by atoms with Crippen molar-refractivity contribution in [2.45, 2.75) is 51.5 Å². The molecule has 2 rings (SSSR count). The predicted octanol–water partition coefficient (Wildman–Crippen LogP) is 2.95. The number of carbonyl (C=O) groups is 1. The van der Waals surface area contributed by atoms with Crippen LogP contribution in [-0.4, -0.2) is 22.9 Å². The fraction of sp³-hybridized carbons (Fsp3) is 0.562. The van der Waals surface area contributed by atoms with Crippen LogP contribution in [0.2, 0.25) is 0 Å². The molecule has 1 aromatic carbocycles. The van der Waals surface area contributed by atoms with Crippen LogP contribution in [-0.2, 0) is 10.2 Å². The Morgan fingerprint density at radius 1 is 1.26 bits per heavy atom. The summed E-state index contributed by atoms with van der Waals surface area (Å²) in [6.45, 7) is 9.16. The molecule has 1 saturated heterocycles. The molecule has 104 valence electrons. The fourth-order valence-corrected chi connectivity index (χ4v) is 2.84. The van der Waals surface area contributed by atoms with Crippen LogP contribution in [0.1, 0.15) is 46.1 Å². The first-order valence-electron chi connectivity index (χ1n) is 6.93. The van der Waals surface area contributed by atoms with Gasteiger partial charge in [-0.3, -0.25) is 4.79 Å².